The summed E-state index contributed by atoms with van der Waals surface area (Å²) < 4.78 is 28.5. The fourth-order valence-electron chi connectivity index (χ4n) is 2.35. The van der Waals surface area contributed by atoms with E-state index in [0.717, 1.165) is 25.7 Å². The lowest BCUT2D eigenvalue weighted by molar-refractivity contribution is 0.281. The van der Waals surface area contributed by atoms with Crippen molar-refractivity contribution in [2.24, 2.45) is 0 Å². The van der Waals surface area contributed by atoms with Gasteiger partial charge in [0.15, 0.2) is 5.82 Å². The monoisotopic (exact) mass is 288 g/mol. The van der Waals surface area contributed by atoms with Crippen LogP contribution in [0.1, 0.15) is 50.9 Å². The Hall–Kier alpha value is -1.06. The van der Waals surface area contributed by atoms with Gasteiger partial charge in [0, 0.05) is 13.1 Å². The highest BCUT2D eigenvalue weighted by molar-refractivity contribution is 7.87. The normalized spacial score (nSPS) is 19.7. The summed E-state index contributed by atoms with van der Waals surface area (Å²) in [4.78, 5) is 0. The van der Waals surface area contributed by atoms with Crippen molar-refractivity contribution in [2.45, 2.75) is 51.1 Å². The molecule has 2 N–H and O–H groups in total. The van der Waals surface area contributed by atoms with Crippen molar-refractivity contribution in [1.29, 1.82) is 0 Å². The molecule has 0 amide bonds. The molecule has 2 rings (SSSR count). The van der Waals surface area contributed by atoms with Crippen molar-refractivity contribution >= 4 is 10.2 Å². The highest BCUT2D eigenvalue weighted by atomic mass is 32.2. The van der Waals surface area contributed by atoms with Crippen molar-refractivity contribution in [1.82, 2.24) is 29.7 Å². The molecule has 0 aliphatic heterocycles. The fraction of sp³-hybridized carbons (Fsp3) is 0.900. The molecule has 1 saturated carbocycles. The van der Waals surface area contributed by atoms with Gasteiger partial charge in [-0.3, -0.25) is 0 Å². The van der Waals surface area contributed by atoms with Gasteiger partial charge in [-0.2, -0.15) is 22.7 Å². The number of tetrazole rings is 1. The van der Waals surface area contributed by atoms with Crippen LogP contribution in [0, 0.1) is 0 Å². The van der Waals surface area contributed by atoms with E-state index < -0.39 is 16.3 Å². The van der Waals surface area contributed by atoms with Crippen LogP contribution in [0.5, 0.6) is 0 Å². The smallest absolute Gasteiger partial charge is 0.195 e. The zero-order valence-electron chi connectivity index (χ0n) is 11.2. The molecule has 1 aromatic heterocycles. The third-order valence-electron chi connectivity index (χ3n) is 3.54. The van der Waals surface area contributed by atoms with Crippen LogP contribution >= 0.6 is 0 Å². The maximum Gasteiger partial charge on any atom is 0.280 e. The van der Waals surface area contributed by atoms with Gasteiger partial charge in [0.2, 0.25) is 0 Å². The van der Waals surface area contributed by atoms with E-state index in [1.165, 1.54) is 10.7 Å². The van der Waals surface area contributed by atoms with Gasteiger partial charge in [-0.05, 0) is 19.8 Å². The number of nitrogens with one attached hydrogen (secondary N) is 2. The van der Waals surface area contributed by atoms with Crippen molar-refractivity contribution < 1.29 is 8.42 Å². The van der Waals surface area contributed by atoms with Crippen LogP contribution in [0.4, 0.5) is 0 Å². The summed E-state index contributed by atoms with van der Waals surface area (Å²) in [5.41, 5.74) is 0. The van der Waals surface area contributed by atoms with E-state index in [1.54, 1.807) is 14.0 Å². The first-order valence-corrected chi connectivity index (χ1v) is 7.93. The molecule has 1 atom stereocenters. The number of rotatable bonds is 5. The Bertz CT molecular complexity index is 482. The van der Waals surface area contributed by atoms with E-state index >= 15 is 0 Å². The van der Waals surface area contributed by atoms with Crippen molar-refractivity contribution in [3.63, 3.8) is 0 Å². The molecule has 1 aliphatic rings. The van der Waals surface area contributed by atoms with Gasteiger partial charge in [0.05, 0.1) is 6.04 Å². The first-order valence-electron chi connectivity index (χ1n) is 6.49. The van der Waals surface area contributed by atoms with Crippen LogP contribution in [0.25, 0.3) is 0 Å². The van der Waals surface area contributed by atoms with Gasteiger partial charge in [-0.15, -0.1) is 10.2 Å². The van der Waals surface area contributed by atoms with Crippen LogP contribution in [0.2, 0.25) is 0 Å². The minimum absolute atomic E-state index is 0.0868. The van der Waals surface area contributed by atoms with E-state index in [4.69, 9.17) is 0 Å². The average molecular weight is 288 g/mol. The first kappa shape index (κ1) is 14.4. The second-order valence-electron chi connectivity index (χ2n) is 4.92. The summed E-state index contributed by atoms with van der Waals surface area (Å²) in [6.07, 6.45) is 5.22. The van der Waals surface area contributed by atoms with Crippen LogP contribution in [0.3, 0.4) is 0 Å². The van der Waals surface area contributed by atoms with Crippen molar-refractivity contribution in [3.8, 4) is 0 Å². The summed E-state index contributed by atoms with van der Waals surface area (Å²) in [6.45, 7) is 1.69. The summed E-state index contributed by atoms with van der Waals surface area (Å²) in [6, 6.07) is -0.418. The van der Waals surface area contributed by atoms with Crippen LogP contribution in [-0.2, 0) is 10.2 Å². The lowest BCUT2D eigenvalue weighted by atomic mass is 9.96. The predicted octanol–water partition coefficient (Wildman–Crippen LogP) is 0.360. The van der Waals surface area contributed by atoms with E-state index in [-0.39, 0.29) is 6.04 Å². The van der Waals surface area contributed by atoms with E-state index in [9.17, 15) is 8.42 Å². The standard InChI is InChI=1S/C10H20N6O2S/c1-8(10-11-14-15-12-10)13-19(17,18)16(2)9-6-4-3-5-7-9/h8-9,13H,3-7H2,1-2H3,(H,11,12,14,15). The second kappa shape index (κ2) is 5.93. The molecule has 19 heavy (non-hydrogen) atoms. The van der Waals surface area contributed by atoms with E-state index in [0.29, 0.717) is 5.82 Å². The number of hydrogen-bond acceptors (Lipinski definition) is 5. The number of aromatic nitrogens is 4. The van der Waals surface area contributed by atoms with Gasteiger partial charge < -0.3 is 0 Å². The average Bonchev–Trinajstić information content (AvgIpc) is 2.92. The number of hydrogen-bond donors (Lipinski definition) is 2. The predicted molar refractivity (Wildman–Crippen MR) is 69.3 cm³/mol. The zero-order valence-corrected chi connectivity index (χ0v) is 12.0. The summed E-state index contributed by atoms with van der Waals surface area (Å²) >= 11 is 0. The molecule has 0 bridgehead atoms. The minimum Gasteiger partial charge on any atom is -0.195 e. The molecule has 108 valence electrons. The van der Waals surface area contributed by atoms with Crippen LogP contribution in [-0.4, -0.2) is 46.4 Å². The third kappa shape index (κ3) is 3.48. The minimum atomic E-state index is -3.52. The van der Waals surface area contributed by atoms with Crippen molar-refractivity contribution in [2.75, 3.05) is 7.05 Å². The molecule has 0 aromatic carbocycles. The molecule has 0 spiro atoms. The SMILES string of the molecule is CC(NS(=O)(=O)N(C)C1CCCCC1)c1nn[nH]n1. The van der Waals surface area contributed by atoms with Gasteiger partial charge in [0.1, 0.15) is 0 Å². The first-order chi connectivity index (χ1) is 9.00. The third-order valence-corrected chi connectivity index (χ3v) is 5.25. The summed E-state index contributed by atoms with van der Waals surface area (Å²) in [5.74, 6) is 0.334. The molecule has 1 fully saturated rings. The van der Waals surface area contributed by atoms with Gasteiger partial charge in [-0.25, -0.2) is 0 Å². The van der Waals surface area contributed by atoms with Crippen LogP contribution in [0.15, 0.2) is 0 Å². The molecular formula is C10H20N6O2S. The molecule has 1 unspecified atom stereocenters. The van der Waals surface area contributed by atoms with Gasteiger partial charge in [0.25, 0.3) is 10.2 Å². The molecule has 1 aromatic rings. The maximum absolute atomic E-state index is 12.3. The number of H-pyrrole nitrogens is 1. The Morgan fingerprint density at radius 3 is 2.63 bits per heavy atom. The highest BCUT2D eigenvalue weighted by Gasteiger charge is 2.29. The Kier molecular flexibility index (Phi) is 4.48. The van der Waals surface area contributed by atoms with Crippen LogP contribution < -0.4 is 4.72 Å². The molecule has 0 saturated heterocycles. The topological polar surface area (TPSA) is 104 Å². The fourth-order valence-corrected chi connectivity index (χ4v) is 3.67. The lowest BCUT2D eigenvalue weighted by Crippen LogP contribution is -2.45. The quantitative estimate of drug-likeness (QED) is 0.814. The molecular weight excluding hydrogens is 268 g/mol. The number of aromatic amines is 1. The molecule has 9 heteroatoms. The lowest BCUT2D eigenvalue weighted by Gasteiger charge is -2.30. The molecule has 1 aliphatic carbocycles. The highest BCUT2D eigenvalue weighted by Crippen LogP contribution is 2.23. The number of nitrogens with zero attached hydrogens (tertiary/aromatic N) is 4. The van der Waals surface area contributed by atoms with E-state index in [2.05, 4.69) is 25.3 Å². The molecule has 8 nitrogen and oxygen atoms in total. The molecule has 0 radical (unpaired) electrons. The zero-order chi connectivity index (χ0) is 13.9. The van der Waals surface area contributed by atoms with Gasteiger partial charge >= 0.3 is 0 Å². The summed E-state index contributed by atoms with van der Waals surface area (Å²) in [7, 11) is -1.90. The Morgan fingerprint density at radius 2 is 2.05 bits per heavy atom. The Balaban J connectivity index is 2.00. The largest absolute Gasteiger partial charge is 0.280 e. The van der Waals surface area contributed by atoms with Gasteiger partial charge in [-0.1, -0.05) is 24.5 Å². The second-order valence-corrected chi connectivity index (χ2v) is 6.68. The maximum atomic E-state index is 12.3. The van der Waals surface area contributed by atoms with Crippen molar-refractivity contribution in [3.05, 3.63) is 5.82 Å². The Morgan fingerprint density at radius 1 is 1.37 bits per heavy atom. The summed E-state index contributed by atoms with van der Waals surface area (Å²) in [5, 5.41) is 13.3. The molecule has 1 heterocycles. The Labute approximate surface area is 113 Å². The van der Waals surface area contributed by atoms with E-state index in [1.807, 2.05) is 0 Å².